The zero-order valence-electron chi connectivity index (χ0n) is 20.6. The third kappa shape index (κ3) is 5.98. The summed E-state index contributed by atoms with van der Waals surface area (Å²) < 4.78 is 68.7. The van der Waals surface area contributed by atoms with Crippen molar-refractivity contribution in [2.75, 3.05) is 19.6 Å². The summed E-state index contributed by atoms with van der Waals surface area (Å²) in [5, 5.41) is 11.1. The predicted octanol–water partition coefficient (Wildman–Crippen LogP) is 3.39. The second-order valence-corrected chi connectivity index (χ2v) is 13.2. The van der Waals surface area contributed by atoms with Crippen LogP contribution in [0.4, 0.5) is 4.39 Å². The van der Waals surface area contributed by atoms with Crippen LogP contribution in [0.3, 0.4) is 0 Å². The van der Waals surface area contributed by atoms with Gasteiger partial charge < -0.3 is 4.90 Å². The topological polar surface area (TPSA) is 126 Å². The smallest absolute Gasteiger partial charge is 0.285 e. The third-order valence-electron chi connectivity index (χ3n) is 6.69. The Morgan fingerprint density at radius 2 is 1.62 bits per heavy atom. The van der Waals surface area contributed by atoms with Gasteiger partial charge in [0, 0.05) is 24.0 Å². The molecule has 0 spiro atoms. The summed E-state index contributed by atoms with van der Waals surface area (Å²) in [6.45, 7) is 0.397. The van der Waals surface area contributed by atoms with Crippen molar-refractivity contribution in [3.63, 3.8) is 0 Å². The second-order valence-electron chi connectivity index (χ2n) is 9.30. The van der Waals surface area contributed by atoms with Crippen LogP contribution in [0.5, 0.6) is 0 Å². The molecule has 0 saturated carbocycles. The SMILES string of the molecule is NS(=O)(=O)[C@H]1CCN(/C(=N/S(=O)(=O)c2ccc(Cl)cc2)N2C[C@H](c3ccccc3)C(c3ccc(F)cc3)=N2)C1. The molecule has 0 radical (unpaired) electrons. The average molecular weight is 590 g/mol. The van der Waals surface area contributed by atoms with Crippen molar-refractivity contribution in [3.8, 4) is 0 Å². The van der Waals surface area contributed by atoms with Crippen molar-refractivity contribution < 1.29 is 21.2 Å². The first-order chi connectivity index (χ1) is 18.5. The van der Waals surface area contributed by atoms with Gasteiger partial charge in [0.1, 0.15) is 5.82 Å². The van der Waals surface area contributed by atoms with Crippen molar-refractivity contribution in [3.05, 3.63) is 101 Å². The molecule has 9 nitrogen and oxygen atoms in total. The molecule has 39 heavy (non-hydrogen) atoms. The number of nitrogens with two attached hydrogens (primary N) is 1. The number of guanidine groups is 1. The van der Waals surface area contributed by atoms with Crippen molar-refractivity contribution in [1.29, 1.82) is 0 Å². The van der Waals surface area contributed by atoms with Crippen LogP contribution in [-0.2, 0) is 20.0 Å². The fourth-order valence-corrected chi connectivity index (χ4v) is 6.63. The molecule has 1 fully saturated rings. The molecule has 0 aromatic heterocycles. The molecule has 2 N–H and O–H groups in total. The molecular weight excluding hydrogens is 565 g/mol. The molecule has 2 atom stereocenters. The summed E-state index contributed by atoms with van der Waals surface area (Å²) in [5.74, 6) is -0.709. The maximum Gasteiger partial charge on any atom is 0.285 e. The lowest BCUT2D eigenvalue weighted by Gasteiger charge is -2.26. The first-order valence-electron chi connectivity index (χ1n) is 12.1. The van der Waals surface area contributed by atoms with E-state index >= 15 is 0 Å². The number of benzene rings is 3. The molecule has 13 heteroatoms. The number of sulfonamides is 2. The van der Waals surface area contributed by atoms with E-state index in [9.17, 15) is 21.2 Å². The summed E-state index contributed by atoms with van der Waals surface area (Å²) in [6, 6.07) is 21.0. The van der Waals surface area contributed by atoms with Crippen LogP contribution >= 0.6 is 11.6 Å². The quantitative estimate of drug-likeness (QED) is 0.359. The molecule has 204 valence electrons. The van der Waals surface area contributed by atoms with Gasteiger partial charge in [-0.1, -0.05) is 54.1 Å². The largest absolute Gasteiger partial charge is 0.339 e. The normalized spacial score (nSPS) is 20.4. The van der Waals surface area contributed by atoms with Crippen molar-refractivity contribution in [1.82, 2.24) is 9.91 Å². The highest BCUT2D eigenvalue weighted by molar-refractivity contribution is 7.90. The number of likely N-dealkylation sites (tertiary alicyclic amines) is 1. The predicted molar refractivity (Wildman–Crippen MR) is 148 cm³/mol. The van der Waals surface area contributed by atoms with Crippen LogP contribution in [0.25, 0.3) is 0 Å². The lowest BCUT2D eigenvalue weighted by atomic mass is 9.91. The summed E-state index contributed by atoms with van der Waals surface area (Å²) in [7, 11) is -8.08. The fraction of sp³-hybridized carbons (Fsp3) is 0.231. The van der Waals surface area contributed by atoms with Crippen LogP contribution in [0.2, 0.25) is 5.02 Å². The van der Waals surface area contributed by atoms with Gasteiger partial charge in [-0.25, -0.2) is 23.0 Å². The summed E-state index contributed by atoms with van der Waals surface area (Å²) >= 11 is 5.93. The van der Waals surface area contributed by atoms with Crippen molar-refractivity contribution in [2.24, 2.45) is 14.6 Å². The standard InChI is InChI=1S/C26H25ClFN5O4S2/c27-20-8-12-22(13-9-20)39(36,37)31-26(32-15-14-23(16-32)38(29,34)35)33-17-24(18-4-2-1-3-5-18)25(30-33)19-6-10-21(28)11-7-19/h1-13,23-24H,14-17H2,(H2,29,34,35)/b31-26-/t23-,24+/m0/s1. The third-order valence-corrected chi connectivity index (χ3v) is 9.53. The van der Waals surface area contributed by atoms with Gasteiger partial charge in [0.25, 0.3) is 10.0 Å². The van der Waals surface area contributed by atoms with Gasteiger partial charge in [-0.3, -0.25) is 0 Å². The van der Waals surface area contributed by atoms with E-state index in [4.69, 9.17) is 21.8 Å². The van der Waals surface area contributed by atoms with Crippen LogP contribution < -0.4 is 5.14 Å². The molecule has 1 saturated heterocycles. The van der Waals surface area contributed by atoms with E-state index in [1.54, 1.807) is 17.0 Å². The minimum atomic E-state index is -4.23. The van der Waals surface area contributed by atoms with Gasteiger partial charge in [-0.2, -0.15) is 13.5 Å². The van der Waals surface area contributed by atoms with Gasteiger partial charge in [0.15, 0.2) is 0 Å². The van der Waals surface area contributed by atoms with Gasteiger partial charge in [-0.15, -0.1) is 4.40 Å². The first-order valence-corrected chi connectivity index (χ1v) is 15.5. The maximum atomic E-state index is 13.7. The number of hydrogen-bond acceptors (Lipinski definition) is 5. The van der Waals surface area contributed by atoms with E-state index in [-0.39, 0.29) is 42.8 Å². The highest BCUT2D eigenvalue weighted by Gasteiger charge is 2.39. The number of rotatable bonds is 5. The Bertz CT molecular complexity index is 1630. The lowest BCUT2D eigenvalue weighted by molar-refractivity contribution is 0.376. The Labute approximate surface area is 231 Å². The molecule has 0 aliphatic carbocycles. The molecule has 0 amide bonds. The zero-order valence-corrected chi connectivity index (χ0v) is 22.9. The highest BCUT2D eigenvalue weighted by atomic mass is 35.5. The molecule has 3 aromatic carbocycles. The number of primary sulfonamides is 1. The first kappa shape index (κ1) is 27.3. The minimum Gasteiger partial charge on any atom is -0.339 e. The van der Waals surface area contributed by atoms with Crippen LogP contribution in [0.15, 0.2) is 93.3 Å². The number of hydrazone groups is 1. The van der Waals surface area contributed by atoms with E-state index in [0.29, 0.717) is 16.3 Å². The zero-order chi connectivity index (χ0) is 27.8. The Morgan fingerprint density at radius 3 is 2.23 bits per heavy atom. The van der Waals surface area contributed by atoms with E-state index < -0.39 is 31.1 Å². The minimum absolute atomic E-state index is 0.0193. The number of nitrogens with zero attached hydrogens (tertiary/aromatic N) is 4. The molecular formula is C26H25ClFN5O4S2. The van der Waals surface area contributed by atoms with Gasteiger partial charge in [-0.05, 0) is 53.9 Å². The van der Waals surface area contributed by atoms with E-state index in [1.165, 1.54) is 41.4 Å². The van der Waals surface area contributed by atoms with Gasteiger partial charge >= 0.3 is 0 Å². The Morgan fingerprint density at radius 1 is 0.949 bits per heavy atom. The van der Waals surface area contributed by atoms with Gasteiger partial charge in [0.2, 0.25) is 16.0 Å². The van der Waals surface area contributed by atoms with Crippen LogP contribution in [0.1, 0.15) is 23.5 Å². The fourth-order valence-electron chi connectivity index (χ4n) is 4.67. The highest BCUT2D eigenvalue weighted by Crippen LogP contribution is 2.31. The molecule has 2 heterocycles. The van der Waals surface area contributed by atoms with Crippen molar-refractivity contribution in [2.45, 2.75) is 22.5 Å². The Hall–Kier alpha value is -3.32. The molecule has 2 aliphatic heterocycles. The monoisotopic (exact) mass is 589 g/mol. The lowest BCUT2D eigenvalue weighted by Crippen LogP contribution is -2.42. The van der Waals surface area contributed by atoms with E-state index in [2.05, 4.69) is 4.40 Å². The summed E-state index contributed by atoms with van der Waals surface area (Å²) in [5.41, 5.74) is 2.18. The Kier molecular flexibility index (Phi) is 7.47. The van der Waals surface area contributed by atoms with Crippen LogP contribution in [0, 0.1) is 5.82 Å². The molecule has 3 aromatic rings. The molecule has 0 bridgehead atoms. The molecule has 5 rings (SSSR count). The van der Waals surface area contributed by atoms with E-state index in [1.807, 2.05) is 30.3 Å². The maximum absolute atomic E-state index is 13.7. The molecule has 0 unspecified atom stereocenters. The molecule has 2 aliphatic rings. The van der Waals surface area contributed by atoms with E-state index in [0.717, 1.165) is 5.56 Å². The van der Waals surface area contributed by atoms with Crippen molar-refractivity contribution >= 4 is 43.3 Å². The van der Waals surface area contributed by atoms with Crippen LogP contribution in [-0.4, -0.2) is 63.3 Å². The number of halogens is 2. The average Bonchev–Trinajstić information content (AvgIpc) is 3.57. The second kappa shape index (κ2) is 10.7. The van der Waals surface area contributed by atoms with Gasteiger partial charge in [0.05, 0.1) is 22.4 Å². The summed E-state index contributed by atoms with van der Waals surface area (Å²) in [6.07, 6.45) is 0.212. The number of hydrogen-bond donors (Lipinski definition) is 1. The summed E-state index contributed by atoms with van der Waals surface area (Å²) in [4.78, 5) is 1.50. The Balaban J connectivity index is 1.60.